The fraction of sp³-hybridized carbons (Fsp3) is 0.464. The lowest BCUT2D eigenvalue weighted by molar-refractivity contribution is -0.132. The molecule has 200 valence electrons. The number of aryl methyl sites for hydroxylation is 1. The van der Waals surface area contributed by atoms with Crippen molar-refractivity contribution in [3.8, 4) is 5.75 Å². The number of hydrogen-bond donors (Lipinski definition) is 2. The first-order valence-corrected chi connectivity index (χ1v) is 12.6. The topological polar surface area (TPSA) is 100 Å². The van der Waals surface area contributed by atoms with Crippen molar-refractivity contribution in [1.29, 1.82) is 0 Å². The van der Waals surface area contributed by atoms with Crippen molar-refractivity contribution in [2.75, 3.05) is 43.9 Å². The maximum Gasteiger partial charge on any atom is 0.410 e. The van der Waals surface area contributed by atoms with Gasteiger partial charge in [-0.3, -0.25) is 4.79 Å². The highest BCUT2D eigenvalue weighted by Gasteiger charge is 2.28. The zero-order chi connectivity index (χ0) is 27.2. The summed E-state index contributed by atoms with van der Waals surface area (Å²) in [5.74, 6) is 0.0203. The molecule has 0 radical (unpaired) electrons. The smallest absolute Gasteiger partial charge is 0.410 e. The number of carbonyl (C=O) groups is 3. The first-order chi connectivity index (χ1) is 17.5. The van der Waals surface area contributed by atoms with E-state index in [-0.39, 0.29) is 18.0 Å². The lowest BCUT2D eigenvalue weighted by Gasteiger charge is -2.27. The quantitative estimate of drug-likeness (QED) is 0.574. The second-order valence-corrected chi connectivity index (χ2v) is 10.2. The Labute approximate surface area is 219 Å². The summed E-state index contributed by atoms with van der Waals surface area (Å²) in [5.41, 5.74) is 2.39. The molecule has 0 saturated carbocycles. The van der Waals surface area contributed by atoms with E-state index in [1.54, 1.807) is 21.9 Å². The van der Waals surface area contributed by atoms with E-state index in [0.717, 1.165) is 16.8 Å². The highest BCUT2D eigenvalue weighted by molar-refractivity contribution is 6.01. The van der Waals surface area contributed by atoms with Crippen LogP contribution in [0.5, 0.6) is 5.75 Å². The maximum absolute atomic E-state index is 13.3. The van der Waals surface area contributed by atoms with Crippen LogP contribution >= 0.6 is 0 Å². The van der Waals surface area contributed by atoms with E-state index in [1.807, 2.05) is 65.0 Å². The van der Waals surface area contributed by atoms with E-state index in [1.165, 1.54) is 7.11 Å². The molecule has 4 amide bonds. The third kappa shape index (κ3) is 7.62. The molecule has 2 N–H and O–H groups in total. The molecule has 0 aliphatic carbocycles. The van der Waals surface area contributed by atoms with Crippen molar-refractivity contribution in [2.24, 2.45) is 0 Å². The average Bonchev–Trinajstić information content (AvgIpc) is 3.10. The standard InChI is InChI=1S/C28H38N4O5/c1-19-10-7-8-11-22(19)29-26(34)30-23-13-12-21(18-24(23)36-6)20(2)25(33)31-14-9-15-32(17-16-31)27(35)37-28(3,4)5/h7-8,10-13,18,20H,9,14-17H2,1-6H3,(H2,29,30,34). The van der Waals surface area contributed by atoms with Crippen molar-refractivity contribution in [2.45, 2.75) is 52.6 Å². The second kappa shape index (κ2) is 12.0. The minimum absolute atomic E-state index is 0.0221. The van der Waals surface area contributed by atoms with Crippen LogP contribution in [0.4, 0.5) is 21.0 Å². The van der Waals surface area contributed by atoms with Crippen molar-refractivity contribution in [3.05, 3.63) is 53.6 Å². The van der Waals surface area contributed by atoms with E-state index >= 15 is 0 Å². The van der Waals surface area contributed by atoms with Crippen LogP contribution in [0.2, 0.25) is 0 Å². The molecule has 37 heavy (non-hydrogen) atoms. The van der Waals surface area contributed by atoms with Crippen LogP contribution < -0.4 is 15.4 Å². The molecule has 1 saturated heterocycles. The summed E-state index contributed by atoms with van der Waals surface area (Å²) in [5, 5.41) is 5.65. The average molecular weight is 511 g/mol. The molecule has 1 heterocycles. The minimum Gasteiger partial charge on any atom is -0.495 e. The zero-order valence-electron chi connectivity index (χ0n) is 22.6. The van der Waals surface area contributed by atoms with Gasteiger partial charge in [0.2, 0.25) is 5.91 Å². The maximum atomic E-state index is 13.3. The molecule has 9 heteroatoms. The third-order valence-corrected chi connectivity index (χ3v) is 6.20. The predicted molar refractivity (Wildman–Crippen MR) is 144 cm³/mol. The summed E-state index contributed by atoms with van der Waals surface area (Å²) < 4.78 is 11.0. The van der Waals surface area contributed by atoms with Crippen LogP contribution in [0, 0.1) is 6.92 Å². The van der Waals surface area contributed by atoms with Crippen LogP contribution in [0.15, 0.2) is 42.5 Å². The molecule has 1 fully saturated rings. The van der Waals surface area contributed by atoms with Gasteiger partial charge < -0.3 is 29.9 Å². The monoisotopic (exact) mass is 510 g/mol. The Morgan fingerprint density at radius 2 is 1.57 bits per heavy atom. The molecule has 2 aromatic carbocycles. The number of nitrogens with zero attached hydrogens (tertiary/aromatic N) is 2. The van der Waals surface area contributed by atoms with Crippen LogP contribution in [0.1, 0.15) is 51.2 Å². The highest BCUT2D eigenvalue weighted by atomic mass is 16.6. The van der Waals surface area contributed by atoms with Crippen molar-refractivity contribution < 1.29 is 23.9 Å². The van der Waals surface area contributed by atoms with Crippen LogP contribution in [-0.2, 0) is 9.53 Å². The lowest BCUT2D eigenvalue weighted by Crippen LogP contribution is -2.40. The summed E-state index contributed by atoms with van der Waals surface area (Å²) in [7, 11) is 1.52. The lowest BCUT2D eigenvalue weighted by atomic mass is 9.98. The molecule has 9 nitrogen and oxygen atoms in total. The van der Waals surface area contributed by atoms with Crippen LogP contribution in [-0.4, -0.2) is 66.7 Å². The Kier molecular flexibility index (Phi) is 9.02. The number of para-hydroxylation sites is 1. The van der Waals surface area contributed by atoms with Gasteiger partial charge in [0, 0.05) is 31.9 Å². The van der Waals surface area contributed by atoms with Crippen molar-refractivity contribution >= 4 is 29.4 Å². The number of rotatable bonds is 5. The van der Waals surface area contributed by atoms with Gasteiger partial charge >= 0.3 is 12.1 Å². The fourth-order valence-electron chi connectivity index (χ4n) is 4.13. The Hall–Kier alpha value is -3.75. The number of ether oxygens (including phenoxy) is 2. The van der Waals surface area contributed by atoms with Gasteiger partial charge in [-0.05, 0) is 70.4 Å². The summed E-state index contributed by atoms with van der Waals surface area (Å²) in [6, 6.07) is 12.5. The largest absolute Gasteiger partial charge is 0.495 e. The molecule has 1 atom stereocenters. The first-order valence-electron chi connectivity index (χ1n) is 12.6. The van der Waals surface area contributed by atoms with E-state index in [9.17, 15) is 14.4 Å². The van der Waals surface area contributed by atoms with E-state index in [2.05, 4.69) is 10.6 Å². The molecule has 1 aliphatic rings. The predicted octanol–water partition coefficient (Wildman–Crippen LogP) is 5.22. The van der Waals surface area contributed by atoms with E-state index in [0.29, 0.717) is 44.0 Å². The van der Waals surface area contributed by atoms with Crippen molar-refractivity contribution in [3.63, 3.8) is 0 Å². The normalized spacial score (nSPS) is 14.9. The number of amides is 4. The SMILES string of the molecule is COc1cc(C(C)C(=O)N2CCCN(C(=O)OC(C)(C)C)CC2)ccc1NC(=O)Nc1ccccc1C. The first kappa shape index (κ1) is 27.8. The van der Waals surface area contributed by atoms with E-state index in [4.69, 9.17) is 9.47 Å². The second-order valence-electron chi connectivity index (χ2n) is 10.2. The molecular formula is C28H38N4O5. The Morgan fingerprint density at radius 3 is 2.24 bits per heavy atom. The van der Waals surface area contributed by atoms with Gasteiger partial charge in [0.25, 0.3) is 0 Å². The zero-order valence-corrected chi connectivity index (χ0v) is 22.6. The minimum atomic E-state index is -0.561. The van der Waals surface area contributed by atoms with Gasteiger partial charge in [-0.2, -0.15) is 0 Å². The molecule has 1 aliphatic heterocycles. The molecule has 1 unspecified atom stereocenters. The molecule has 3 rings (SSSR count). The molecule has 0 bridgehead atoms. The molecule has 2 aromatic rings. The number of methoxy groups -OCH3 is 1. The number of urea groups is 1. The van der Waals surface area contributed by atoms with Gasteiger partial charge in [0.15, 0.2) is 0 Å². The highest BCUT2D eigenvalue weighted by Crippen LogP contribution is 2.30. The Morgan fingerprint density at radius 1 is 0.919 bits per heavy atom. The van der Waals surface area contributed by atoms with Gasteiger partial charge in [-0.25, -0.2) is 9.59 Å². The van der Waals surface area contributed by atoms with Gasteiger partial charge in [-0.1, -0.05) is 24.3 Å². The summed E-state index contributed by atoms with van der Waals surface area (Å²) in [4.78, 5) is 41.8. The fourth-order valence-corrected chi connectivity index (χ4v) is 4.13. The van der Waals surface area contributed by atoms with Gasteiger partial charge in [-0.15, -0.1) is 0 Å². The number of carbonyl (C=O) groups excluding carboxylic acids is 3. The summed E-state index contributed by atoms with van der Waals surface area (Å²) >= 11 is 0. The van der Waals surface area contributed by atoms with E-state index < -0.39 is 11.5 Å². The van der Waals surface area contributed by atoms with Gasteiger partial charge in [0.05, 0.1) is 18.7 Å². The Bertz CT molecular complexity index is 1130. The Balaban J connectivity index is 1.64. The summed E-state index contributed by atoms with van der Waals surface area (Å²) in [6.07, 6.45) is 0.328. The van der Waals surface area contributed by atoms with Gasteiger partial charge in [0.1, 0.15) is 11.4 Å². The number of nitrogens with one attached hydrogen (secondary N) is 2. The van der Waals surface area contributed by atoms with Crippen LogP contribution in [0.3, 0.4) is 0 Å². The number of anilines is 2. The summed E-state index contributed by atoms with van der Waals surface area (Å²) in [6.45, 7) is 11.3. The number of hydrogen-bond acceptors (Lipinski definition) is 5. The van der Waals surface area contributed by atoms with Crippen molar-refractivity contribution in [1.82, 2.24) is 9.80 Å². The van der Waals surface area contributed by atoms with Crippen LogP contribution in [0.25, 0.3) is 0 Å². The third-order valence-electron chi connectivity index (χ3n) is 6.20. The molecular weight excluding hydrogens is 472 g/mol. The number of benzene rings is 2. The molecule has 0 spiro atoms. The molecule has 0 aromatic heterocycles.